The van der Waals surface area contributed by atoms with E-state index in [4.69, 9.17) is 27.5 Å². The van der Waals surface area contributed by atoms with Crippen LogP contribution < -0.4 is 10.5 Å². The number of nitrogens with two attached hydrogens (primary N) is 1. The topological polar surface area (TPSA) is 59.1 Å². The van der Waals surface area contributed by atoms with E-state index in [1.807, 2.05) is 0 Å². The van der Waals surface area contributed by atoms with Crippen molar-refractivity contribution in [3.8, 4) is 5.75 Å². The molecule has 3 N–H and O–H groups in total. The van der Waals surface area contributed by atoms with Crippen molar-refractivity contribution in [3.05, 3.63) is 63.2 Å². The Kier molecular flexibility index (Phi) is 4.53. The van der Waals surface area contributed by atoms with Crippen molar-refractivity contribution < 1.29 is 4.74 Å². The van der Waals surface area contributed by atoms with Crippen LogP contribution in [0, 0.1) is 26.2 Å². The van der Waals surface area contributed by atoms with Gasteiger partial charge >= 0.3 is 0 Å². The molecule has 0 unspecified atom stereocenters. The predicted octanol–water partition coefficient (Wildman–Crippen LogP) is 4.13. The number of nitrogens with one attached hydrogen (secondary N) is 1. The summed E-state index contributed by atoms with van der Waals surface area (Å²) in [5.41, 5.74) is 10.9. The Hall–Kier alpha value is -2.00. The zero-order valence-electron chi connectivity index (χ0n) is 12.5. The summed E-state index contributed by atoms with van der Waals surface area (Å²) >= 11 is 6.17. The van der Waals surface area contributed by atoms with E-state index in [0.29, 0.717) is 22.9 Å². The summed E-state index contributed by atoms with van der Waals surface area (Å²) in [6, 6.07) is 9.42. The van der Waals surface area contributed by atoms with Gasteiger partial charge < -0.3 is 10.5 Å². The number of hydrogen-bond acceptors (Lipinski definition) is 2. The number of benzene rings is 2. The van der Waals surface area contributed by atoms with E-state index >= 15 is 0 Å². The second kappa shape index (κ2) is 6.19. The molecule has 0 aliphatic heterocycles. The minimum absolute atomic E-state index is 0.00586. The normalized spacial score (nSPS) is 10.5. The minimum atomic E-state index is -0.00586. The van der Waals surface area contributed by atoms with Gasteiger partial charge in [0.1, 0.15) is 18.2 Å². The van der Waals surface area contributed by atoms with Gasteiger partial charge in [-0.1, -0.05) is 29.3 Å². The molecule has 0 heterocycles. The second-order valence-corrected chi connectivity index (χ2v) is 5.63. The molecule has 21 heavy (non-hydrogen) atoms. The Morgan fingerprint density at radius 3 is 2.29 bits per heavy atom. The van der Waals surface area contributed by atoms with E-state index < -0.39 is 0 Å². The van der Waals surface area contributed by atoms with E-state index in [1.165, 1.54) is 22.3 Å². The van der Waals surface area contributed by atoms with Crippen molar-refractivity contribution in [2.45, 2.75) is 27.4 Å². The van der Waals surface area contributed by atoms with Crippen molar-refractivity contribution in [3.63, 3.8) is 0 Å². The number of aryl methyl sites for hydroxylation is 3. The minimum Gasteiger partial charge on any atom is -0.487 e. The number of nitrogen functional groups attached to an aromatic ring is 1. The highest BCUT2D eigenvalue weighted by molar-refractivity contribution is 6.32. The summed E-state index contributed by atoms with van der Waals surface area (Å²) < 4.78 is 5.82. The quantitative estimate of drug-likeness (QED) is 0.659. The number of amidine groups is 1. The molecule has 2 aromatic carbocycles. The summed E-state index contributed by atoms with van der Waals surface area (Å²) in [6.45, 7) is 6.72. The Labute approximate surface area is 130 Å². The molecule has 0 bridgehead atoms. The van der Waals surface area contributed by atoms with Gasteiger partial charge in [-0.2, -0.15) is 0 Å². The molecule has 0 saturated heterocycles. The van der Waals surface area contributed by atoms with E-state index in [9.17, 15) is 0 Å². The van der Waals surface area contributed by atoms with Gasteiger partial charge in [0.25, 0.3) is 0 Å². The molecule has 0 amide bonds. The lowest BCUT2D eigenvalue weighted by atomic mass is 10.0. The average molecular weight is 303 g/mol. The predicted molar refractivity (Wildman–Crippen MR) is 87.5 cm³/mol. The van der Waals surface area contributed by atoms with Gasteiger partial charge in [-0.25, -0.2) is 0 Å². The van der Waals surface area contributed by atoms with Gasteiger partial charge in [0.05, 0.1) is 5.02 Å². The average Bonchev–Trinajstić information content (AvgIpc) is 2.38. The van der Waals surface area contributed by atoms with Crippen molar-refractivity contribution in [2.24, 2.45) is 5.73 Å². The lowest BCUT2D eigenvalue weighted by Gasteiger charge is -2.14. The van der Waals surface area contributed by atoms with Gasteiger partial charge in [-0.3, -0.25) is 5.41 Å². The highest BCUT2D eigenvalue weighted by atomic mass is 35.5. The van der Waals surface area contributed by atoms with Crippen LogP contribution in [0.25, 0.3) is 0 Å². The molecule has 4 heteroatoms. The smallest absolute Gasteiger partial charge is 0.138 e. The molecule has 0 radical (unpaired) electrons. The molecule has 110 valence electrons. The van der Waals surface area contributed by atoms with Gasteiger partial charge in [0.2, 0.25) is 0 Å². The van der Waals surface area contributed by atoms with Crippen LogP contribution in [0.5, 0.6) is 5.75 Å². The van der Waals surface area contributed by atoms with Crippen LogP contribution in [-0.4, -0.2) is 5.84 Å². The van der Waals surface area contributed by atoms with Crippen LogP contribution in [0.15, 0.2) is 30.3 Å². The van der Waals surface area contributed by atoms with Crippen molar-refractivity contribution in [1.82, 2.24) is 0 Å². The van der Waals surface area contributed by atoms with Gasteiger partial charge in [-0.05, 0) is 55.7 Å². The van der Waals surface area contributed by atoms with Crippen molar-refractivity contribution in [2.75, 3.05) is 0 Å². The molecular weight excluding hydrogens is 284 g/mol. The number of ether oxygens (including phenoxy) is 1. The third-order valence-electron chi connectivity index (χ3n) is 3.46. The highest BCUT2D eigenvalue weighted by Crippen LogP contribution is 2.27. The highest BCUT2D eigenvalue weighted by Gasteiger charge is 2.08. The standard InChI is InChI=1S/C17H19ClN2O/c1-10-6-11(2)14(12(3)7-10)9-21-16-5-4-13(17(19)20)8-15(16)18/h4-8H,9H2,1-3H3,(H3,19,20). The maximum absolute atomic E-state index is 7.39. The number of rotatable bonds is 4. The molecule has 3 nitrogen and oxygen atoms in total. The van der Waals surface area contributed by atoms with Crippen LogP contribution >= 0.6 is 11.6 Å². The zero-order valence-corrected chi connectivity index (χ0v) is 13.2. The summed E-state index contributed by atoms with van der Waals surface area (Å²) in [7, 11) is 0. The fourth-order valence-electron chi connectivity index (χ4n) is 2.37. The van der Waals surface area contributed by atoms with E-state index in [2.05, 4.69) is 32.9 Å². The third kappa shape index (κ3) is 3.56. The van der Waals surface area contributed by atoms with Crippen LogP contribution in [0.2, 0.25) is 5.02 Å². The summed E-state index contributed by atoms with van der Waals surface area (Å²) in [5, 5.41) is 7.86. The van der Waals surface area contributed by atoms with E-state index in [1.54, 1.807) is 18.2 Å². The Morgan fingerprint density at radius 1 is 1.14 bits per heavy atom. The first-order chi connectivity index (χ1) is 9.88. The Balaban J connectivity index is 2.19. The number of halogens is 1. The van der Waals surface area contributed by atoms with Gasteiger partial charge in [0, 0.05) is 5.56 Å². The Bertz CT molecular complexity index is 672. The molecule has 0 aliphatic rings. The third-order valence-corrected chi connectivity index (χ3v) is 3.75. The van der Waals surface area contributed by atoms with Crippen LogP contribution in [0.1, 0.15) is 27.8 Å². The van der Waals surface area contributed by atoms with E-state index in [0.717, 1.165) is 0 Å². The molecule has 0 fully saturated rings. The van der Waals surface area contributed by atoms with Gasteiger partial charge in [0.15, 0.2) is 0 Å². The second-order valence-electron chi connectivity index (χ2n) is 5.22. The molecular formula is C17H19ClN2O. The molecule has 2 aromatic rings. The fourth-order valence-corrected chi connectivity index (χ4v) is 2.61. The summed E-state index contributed by atoms with van der Waals surface area (Å²) in [5.74, 6) is 0.592. The monoisotopic (exact) mass is 302 g/mol. The molecule has 2 rings (SSSR count). The largest absolute Gasteiger partial charge is 0.487 e. The summed E-state index contributed by atoms with van der Waals surface area (Å²) in [6.07, 6.45) is 0. The van der Waals surface area contributed by atoms with Crippen molar-refractivity contribution in [1.29, 1.82) is 5.41 Å². The lowest BCUT2D eigenvalue weighted by molar-refractivity contribution is 0.305. The fraction of sp³-hybridized carbons (Fsp3) is 0.235. The van der Waals surface area contributed by atoms with Crippen molar-refractivity contribution >= 4 is 17.4 Å². The molecule has 0 saturated carbocycles. The molecule has 0 aromatic heterocycles. The van der Waals surface area contributed by atoms with Crippen LogP contribution in [0.3, 0.4) is 0 Å². The maximum atomic E-state index is 7.39. The maximum Gasteiger partial charge on any atom is 0.138 e. The summed E-state index contributed by atoms with van der Waals surface area (Å²) in [4.78, 5) is 0. The molecule has 0 aliphatic carbocycles. The molecule has 0 atom stereocenters. The van der Waals surface area contributed by atoms with Crippen LogP contribution in [0.4, 0.5) is 0 Å². The van der Waals surface area contributed by atoms with Crippen LogP contribution in [-0.2, 0) is 6.61 Å². The Morgan fingerprint density at radius 2 is 1.76 bits per heavy atom. The lowest BCUT2D eigenvalue weighted by Crippen LogP contribution is -2.11. The molecule has 0 spiro atoms. The van der Waals surface area contributed by atoms with E-state index in [-0.39, 0.29) is 5.84 Å². The SMILES string of the molecule is Cc1cc(C)c(COc2ccc(C(=N)N)cc2Cl)c(C)c1. The zero-order chi connectivity index (χ0) is 15.6. The first kappa shape index (κ1) is 15.4. The first-order valence-corrected chi connectivity index (χ1v) is 7.09. The first-order valence-electron chi connectivity index (χ1n) is 6.72. The number of hydrogen-bond donors (Lipinski definition) is 2. The van der Waals surface area contributed by atoms with Gasteiger partial charge in [-0.15, -0.1) is 0 Å².